The minimum atomic E-state index is -0.530. The van der Waals surface area contributed by atoms with Gasteiger partial charge in [-0.15, -0.1) is 0 Å². The van der Waals surface area contributed by atoms with Crippen LogP contribution >= 0.6 is 11.6 Å². The van der Waals surface area contributed by atoms with Crippen LogP contribution in [0.25, 0.3) is 0 Å². The number of rotatable bonds is 6. The van der Waals surface area contributed by atoms with Gasteiger partial charge in [0.25, 0.3) is 5.91 Å². The first kappa shape index (κ1) is 20.4. The first-order chi connectivity index (χ1) is 15.0. The zero-order chi connectivity index (χ0) is 21.8. The van der Waals surface area contributed by atoms with Gasteiger partial charge in [-0.25, -0.2) is 4.79 Å². The number of ether oxygens (including phenoxy) is 1. The molecule has 2 aromatic heterocycles. The number of carbonyl (C=O) groups excluding carboxylic acids is 2. The van der Waals surface area contributed by atoms with E-state index in [4.69, 9.17) is 16.3 Å². The Labute approximate surface area is 183 Å². The quantitative estimate of drug-likeness (QED) is 0.367. The predicted octanol–water partition coefficient (Wildman–Crippen LogP) is 3.79. The summed E-state index contributed by atoms with van der Waals surface area (Å²) in [6.45, 7) is 0.443. The van der Waals surface area contributed by atoms with Crippen LogP contribution in [0.15, 0.2) is 73.3 Å². The molecule has 1 amide bonds. The zero-order valence-electron chi connectivity index (χ0n) is 16.5. The Kier molecular flexibility index (Phi) is 5.81. The van der Waals surface area contributed by atoms with Crippen LogP contribution < -0.4 is 10.1 Å². The summed E-state index contributed by atoms with van der Waals surface area (Å²) >= 11 is 6.17. The number of hydrogen-bond donors (Lipinski definition) is 1. The van der Waals surface area contributed by atoms with Crippen LogP contribution in [-0.4, -0.2) is 31.4 Å². The van der Waals surface area contributed by atoms with Crippen molar-refractivity contribution in [3.63, 3.8) is 0 Å². The summed E-state index contributed by atoms with van der Waals surface area (Å²) in [7, 11) is 1.74. The van der Waals surface area contributed by atoms with Gasteiger partial charge >= 0.3 is 5.97 Å². The molecule has 8 nitrogen and oxygen atoms in total. The third-order valence-electron chi connectivity index (χ3n) is 4.45. The Morgan fingerprint density at radius 1 is 1.00 bits per heavy atom. The van der Waals surface area contributed by atoms with Crippen molar-refractivity contribution in [2.24, 2.45) is 7.05 Å². The van der Waals surface area contributed by atoms with Gasteiger partial charge in [0, 0.05) is 30.2 Å². The molecule has 0 saturated heterocycles. The second-order valence-electron chi connectivity index (χ2n) is 6.79. The van der Waals surface area contributed by atoms with E-state index in [2.05, 4.69) is 15.5 Å². The molecule has 0 aliphatic rings. The normalized spacial score (nSPS) is 10.6. The van der Waals surface area contributed by atoms with E-state index in [9.17, 15) is 9.59 Å². The standard InChI is InChI=1S/C22H18ClN5O3/c1-27-12-16(10-24-27)21(29)26-18-6-8-19(9-7-18)31-22(30)17-11-25-28(14-17)13-15-4-2-3-5-20(15)23/h2-12,14H,13H2,1H3,(H,26,29). The van der Waals surface area contributed by atoms with Crippen molar-refractivity contribution < 1.29 is 14.3 Å². The highest BCUT2D eigenvalue weighted by atomic mass is 35.5. The van der Waals surface area contributed by atoms with Gasteiger partial charge in [-0.3, -0.25) is 14.2 Å². The fraction of sp³-hybridized carbons (Fsp3) is 0.0909. The van der Waals surface area contributed by atoms with Gasteiger partial charge < -0.3 is 10.1 Å². The maximum absolute atomic E-state index is 12.4. The number of aryl methyl sites for hydroxylation is 1. The molecule has 0 bridgehead atoms. The maximum Gasteiger partial charge on any atom is 0.346 e. The molecule has 0 unspecified atom stereocenters. The highest BCUT2D eigenvalue weighted by Crippen LogP contribution is 2.19. The van der Waals surface area contributed by atoms with E-state index in [-0.39, 0.29) is 5.91 Å². The molecular weight excluding hydrogens is 418 g/mol. The molecule has 4 rings (SSSR count). The zero-order valence-corrected chi connectivity index (χ0v) is 17.3. The third-order valence-corrected chi connectivity index (χ3v) is 4.82. The summed E-state index contributed by atoms with van der Waals surface area (Å²) in [5, 5.41) is 11.6. The summed E-state index contributed by atoms with van der Waals surface area (Å²) in [6.07, 6.45) is 6.16. The molecule has 31 heavy (non-hydrogen) atoms. The van der Waals surface area contributed by atoms with Crippen LogP contribution in [0.4, 0.5) is 5.69 Å². The molecular formula is C22H18ClN5O3. The predicted molar refractivity (Wildman–Crippen MR) is 115 cm³/mol. The molecule has 0 atom stereocenters. The van der Waals surface area contributed by atoms with Crippen LogP contribution in [0, 0.1) is 0 Å². The van der Waals surface area contributed by atoms with Gasteiger partial charge in [-0.05, 0) is 35.9 Å². The van der Waals surface area contributed by atoms with Gasteiger partial charge in [0.05, 0.1) is 30.1 Å². The van der Waals surface area contributed by atoms with Crippen molar-refractivity contribution in [3.8, 4) is 5.75 Å². The van der Waals surface area contributed by atoms with Crippen molar-refractivity contribution in [1.29, 1.82) is 0 Å². The lowest BCUT2D eigenvalue weighted by Gasteiger charge is -2.06. The maximum atomic E-state index is 12.4. The van der Waals surface area contributed by atoms with Crippen LogP contribution in [0.2, 0.25) is 5.02 Å². The number of carbonyl (C=O) groups is 2. The van der Waals surface area contributed by atoms with E-state index in [1.807, 2.05) is 18.2 Å². The number of nitrogens with one attached hydrogen (secondary N) is 1. The van der Waals surface area contributed by atoms with Gasteiger partial charge in [0.1, 0.15) is 5.75 Å². The smallest absolute Gasteiger partial charge is 0.346 e. The number of anilines is 1. The Bertz CT molecular complexity index is 1230. The number of aromatic nitrogens is 4. The molecule has 2 heterocycles. The molecule has 0 aliphatic heterocycles. The Morgan fingerprint density at radius 2 is 1.74 bits per heavy atom. The van der Waals surface area contributed by atoms with Crippen LogP contribution in [-0.2, 0) is 13.6 Å². The lowest BCUT2D eigenvalue weighted by Crippen LogP contribution is -2.11. The molecule has 0 fully saturated rings. The summed E-state index contributed by atoms with van der Waals surface area (Å²) in [5.41, 5.74) is 2.24. The van der Waals surface area contributed by atoms with E-state index in [1.165, 1.54) is 12.4 Å². The molecule has 9 heteroatoms. The van der Waals surface area contributed by atoms with Gasteiger partial charge in [0.2, 0.25) is 0 Å². The fourth-order valence-electron chi connectivity index (χ4n) is 2.87. The molecule has 0 saturated carbocycles. The van der Waals surface area contributed by atoms with Crippen molar-refractivity contribution in [3.05, 3.63) is 95.0 Å². The number of benzene rings is 2. The van der Waals surface area contributed by atoms with Crippen molar-refractivity contribution in [2.75, 3.05) is 5.32 Å². The van der Waals surface area contributed by atoms with Crippen LogP contribution in [0.5, 0.6) is 5.75 Å². The topological polar surface area (TPSA) is 91.0 Å². The molecule has 156 valence electrons. The summed E-state index contributed by atoms with van der Waals surface area (Å²) in [4.78, 5) is 24.6. The van der Waals surface area contributed by atoms with Crippen molar-refractivity contribution in [2.45, 2.75) is 6.54 Å². The van der Waals surface area contributed by atoms with Gasteiger partial charge in [0.15, 0.2) is 0 Å². The summed E-state index contributed by atoms with van der Waals surface area (Å²) in [5.74, 6) is -0.454. The number of amides is 1. The first-order valence-electron chi connectivity index (χ1n) is 9.36. The number of esters is 1. The van der Waals surface area contributed by atoms with Gasteiger partial charge in [-0.2, -0.15) is 10.2 Å². The Hall–Kier alpha value is -3.91. The average molecular weight is 436 g/mol. The number of hydrogen-bond acceptors (Lipinski definition) is 5. The third kappa shape index (κ3) is 4.99. The van der Waals surface area contributed by atoms with Crippen molar-refractivity contribution >= 4 is 29.2 Å². The SMILES string of the molecule is Cn1cc(C(=O)Nc2ccc(OC(=O)c3cnn(Cc4ccccc4Cl)c3)cc2)cn1. The average Bonchev–Trinajstić information content (AvgIpc) is 3.40. The number of nitrogens with zero attached hydrogens (tertiary/aromatic N) is 4. The number of halogens is 1. The Morgan fingerprint density at radius 3 is 2.45 bits per heavy atom. The second-order valence-corrected chi connectivity index (χ2v) is 7.20. The molecule has 0 radical (unpaired) electrons. The fourth-order valence-corrected chi connectivity index (χ4v) is 3.07. The highest BCUT2D eigenvalue weighted by molar-refractivity contribution is 6.31. The molecule has 0 spiro atoms. The van der Waals surface area contributed by atoms with E-state index < -0.39 is 5.97 Å². The van der Waals surface area contributed by atoms with E-state index >= 15 is 0 Å². The minimum absolute atomic E-state index is 0.274. The highest BCUT2D eigenvalue weighted by Gasteiger charge is 2.13. The van der Waals surface area contributed by atoms with Gasteiger partial charge in [-0.1, -0.05) is 29.8 Å². The molecule has 4 aromatic rings. The van der Waals surface area contributed by atoms with E-state index in [0.717, 1.165) is 5.56 Å². The van der Waals surface area contributed by atoms with Crippen molar-refractivity contribution in [1.82, 2.24) is 19.6 Å². The summed E-state index contributed by atoms with van der Waals surface area (Å²) in [6, 6.07) is 14.0. The Balaban J connectivity index is 1.36. The van der Waals surface area contributed by atoms with Crippen LogP contribution in [0.3, 0.4) is 0 Å². The second kappa shape index (κ2) is 8.85. The first-order valence-corrected chi connectivity index (χ1v) is 9.74. The summed E-state index contributed by atoms with van der Waals surface area (Å²) < 4.78 is 8.56. The van der Waals surface area contributed by atoms with E-state index in [1.54, 1.807) is 59.1 Å². The largest absolute Gasteiger partial charge is 0.423 e. The van der Waals surface area contributed by atoms with E-state index in [0.29, 0.717) is 34.1 Å². The lowest BCUT2D eigenvalue weighted by molar-refractivity contribution is 0.0734. The molecule has 0 aliphatic carbocycles. The lowest BCUT2D eigenvalue weighted by atomic mass is 10.2. The molecule has 2 aromatic carbocycles. The van der Waals surface area contributed by atoms with Crippen LogP contribution in [0.1, 0.15) is 26.3 Å². The molecule has 1 N–H and O–H groups in total. The monoisotopic (exact) mass is 435 g/mol. The minimum Gasteiger partial charge on any atom is -0.423 e.